The Balaban J connectivity index is 2.17. The summed E-state index contributed by atoms with van der Waals surface area (Å²) in [5, 5.41) is 39.0. The first-order chi connectivity index (χ1) is 10.4. The van der Waals surface area contributed by atoms with E-state index in [1.54, 1.807) is 0 Å². The lowest BCUT2D eigenvalue weighted by atomic mass is 10.0. The van der Waals surface area contributed by atoms with Crippen molar-refractivity contribution in [2.24, 2.45) is 0 Å². The molecule has 5 nitrogen and oxygen atoms in total. The van der Waals surface area contributed by atoms with Crippen molar-refractivity contribution >= 4 is 16.5 Å². The van der Waals surface area contributed by atoms with Crippen molar-refractivity contribution in [2.45, 2.75) is 0 Å². The van der Waals surface area contributed by atoms with Crippen LogP contribution in [-0.2, 0) is 0 Å². The zero-order valence-electron chi connectivity index (χ0n) is 11.2. The van der Waals surface area contributed by atoms with Gasteiger partial charge in [0.1, 0.15) is 0 Å². The van der Waals surface area contributed by atoms with E-state index in [0.29, 0.717) is 5.56 Å². The number of hydrogen-bond acceptors (Lipinski definition) is 5. The maximum absolute atomic E-state index is 13.1. The lowest BCUT2D eigenvalue weighted by Crippen LogP contribution is -1.86. The molecule has 0 atom stereocenters. The van der Waals surface area contributed by atoms with E-state index in [0.717, 1.165) is 12.1 Å². The number of furan rings is 1. The molecule has 0 unspecified atom stereocenters. The molecular formula is C16H11FO5. The van der Waals surface area contributed by atoms with Crippen molar-refractivity contribution < 1.29 is 29.2 Å². The summed E-state index contributed by atoms with van der Waals surface area (Å²) < 4.78 is 18.5. The molecule has 0 fully saturated rings. The van der Waals surface area contributed by atoms with Crippen molar-refractivity contribution in [3.8, 4) is 23.0 Å². The molecule has 3 rings (SSSR count). The Kier molecular flexibility index (Phi) is 2.95. The largest absolute Gasteiger partial charge is 0.505 e. The highest BCUT2D eigenvalue weighted by atomic mass is 19.1. The number of phenols is 3. The molecule has 22 heavy (non-hydrogen) atoms. The molecular weight excluding hydrogens is 291 g/mol. The van der Waals surface area contributed by atoms with Gasteiger partial charge in [-0.25, -0.2) is 4.39 Å². The predicted molar refractivity (Wildman–Crippen MR) is 77.4 cm³/mol. The van der Waals surface area contributed by atoms with Crippen molar-refractivity contribution in [2.75, 3.05) is 0 Å². The molecule has 0 spiro atoms. The van der Waals surface area contributed by atoms with E-state index in [2.05, 4.69) is 6.58 Å². The molecule has 0 aliphatic rings. The average molecular weight is 302 g/mol. The summed E-state index contributed by atoms with van der Waals surface area (Å²) in [6.45, 7) is 3.74. The maximum Gasteiger partial charge on any atom is 0.201 e. The van der Waals surface area contributed by atoms with Gasteiger partial charge in [-0.05, 0) is 29.8 Å². The quantitative estimate of drug-likeness (QED) is 0.544. The van der Waals surface area contributed by atoms with Crippen LogP contribution in [0.3, 0.4) is 0 Å². The van der Waals surface area contributed by atoms with Crippen molar-refractivity contribution in [3.63, 3.8) is 0 Å². The molecule has 3 aromatic rings. The third-order valence-electron chi connectivity index (χ3n) is 3.35. The molecule has 0 aliphatic carbocycles. The van der Waals surface area contributed by atoms with E-state index in [-0.39, 0.29) is 28.1 Å². The molecule has 0 saturated heterocycles. The highest BCUT2D eigenvalue weighted by Gasteiger charge is 2.21. The highest BCUT2D eigenvalue weighted by Crippen LogP contribution is 2.44. The fourth-order valence-corrected chi connectivity index (χ4v) is 2.16. The number of rotatable bonds is 2. The summed E-state index contributed by atoms with van der Waals surface area (Å²) in [4.78, 5) is 0. The van der Waals surface area contributed by atoms with E-state index < -0.39 is 23.1 Å². The third-order valence-corrected chi connectivity index (χ3v) is 3.35. The summed E-state index contributed by atoms with van der Waals surface area (Å²) in [5.41, 5.74) is 0.417. The molecule has 0 radical (unpaired) electrons. The Morgan fingerprint density at radius 3 is 2.36 bits per heavy atom. The van der Waals surface area contributed by atoms with Gasteiger partial charge in [0.15, 0.2) is 34.4 Å². The summed E-state index contributed by atoms with van der Waals surface area (Å²) in [5.74, 6) is -2.57. The van der Waals surface area contributed by atoms with E-state index >= 15 is 0 Å². The van der Waals surface area contributed by atoms with Gasteiger partial charge in [-0.2, -0.15) is 0 Å². The Labute approximate surface area is 123 Å². The molecule has 1 heterocycles. The van der Waals surface area contributed by atoms with Crippen LogP contribution in [0.25, 0.3) is 16.5 Å². The summed E-state index contributed by atoms with van der Waals surface area (Å²) in [6.07, 6.45) is 0. The van der Waals surface area contributed by atoms with Crippen LogP contribution in [0.4, 0.5) is 4.39 Å². The number of hydrogen-bond donors (Lipinski definition) is 4. The first kappa shape index (κ1) is 13.8. The van der Waals surface area contributed by atoms with E-state index in [9.17, 15) is 24.8 Å². The minimum Gasteiger partial charge on any atom is -0.505 e. The van der Waals surface area contributed by atoms with Gasteiger partial charge in [-0.15, -0.1) is 0 Å². The van der Waals surface area contributed by atoms with Crippen LogP contribution >= 0.6 is 0 Å². The van der Waals surface area contributed by atoms with Gasteiger partial charge in [0.25, 0.3) is 0 Å². The summed E-state index contributed by atoms with van der Waals surface area (Å²) in [7, 11) is 0. The molecule has 112 valence electrons. The van der Waals surface area contributed by atoms with Crippen LogP contribution in [0, 0.1) is 5.82 Å². The second kappa shape index (κ2) is 4.70. The zero-order valence-corrected chi connectivity index (χ0v) is 11.2. The number of aromatic hydroxyl groups is 4. The minimum atomic E-state index is -0.784. The predicted octanol–water partition coefficient (Wildman–Crippen LogP) is 3.46. The molecule has 4 N–H and O–H groups in total. The van der Waals surface area contributed by atoms with Crippen molar-refractivity contribution in [3.05, 3.63) is 54.1 Å². The summed E-state index contributed by atoms with van der Waals surface area (Å²) in [6, 6.07) is 6.15. The molecule has 0 bridgehead atoms. The average Bonchev–Trinajstić information content (AvgIpc) is 2.83. The molecule has 0 aliphatic heterocycles. The van der Waals surface area contributed by atoms with Crippen LogP contribution in [-0.4, -0.2) is 20.4 Å². The molecule has 2 aromatic carbocycles. The van der Waals surface area contributed by atoms with E-state index in [1.165, 1.54) is 18.2 Å². The second-order valence-corrected chi connectivity index (χ2v) is 4.73. The lowest BCUT2D eigenvalue weighted by Gasteiger charge is -2.04. The van der Waals surface area contributed by atoms with E-state index in [1.807, 2.05) is 0 Å². The van der Waals surface area contributed by atoms with Crippen LogP contribution in [0.1, 0.15) is 11.3 Å². The topological polar surface area (TPSA) is 94.1 Å². The van der Waals surface area contributed by atoms with E-state index in [4.69, 9.17) is 4.42 Å². The highest BCUT2D eigenvalue weighted by molar-refractivity contribution is 5.96. The van der Waals surface area contributed by atoms with Gasteiger partial charge < -0.3 is 24.8 Å². The second-order valence-electron chi connectivity index (χ2n) is 4.73. The van der Waals surface area contributed by atoms with Crippen LogP contribution in [0.15, 0.2) is 41.3 Å². The standard InChI is InChI=1S/C16H11FO5/c1-7(8-2-4-10(17)12(19)6-8)15-13(20)9-3-5-11(18)14(21)16(9)22-15/h2-6,18-21H,1H2. The third kappa shape index (κ3) is 1.93. The Morgan fingerprint density at radius 1 is 0.955 bits per heavy atom. The minimum absolute atomic E-state index is 0.0538. The van der Waals surface area contributed by atoms with Gasteiger partial charge in [-0.3, -0.25) is 0 Å². The Bertz CT molecular complexity index is 911. The van der Waals surface area contributed by atoms with Crippen LogP contribution in [0.2, 0.25) is 0 Å². The number of phenolic OH excluding ortho intramolecular Hbond substituents is 3. The van der Waals surface area contributed by atoms with Gasteiger partial charge >= 0.3 is 0 Å². The molecule has 0 saturated carbocycles. The van der Waals surface area contributed by atoms with Gasteiger partial charge in [0, 0.05) is 5.57 Å². The van der Waals surface area contributed by atoms with Crippen LogP contribution in [0.5, 0.6) is 23.0 Å². The molecule has 6 heteroatoms. The lowest BCUT2D eigenvalue weighted by molar-refractivity contribution is 0.399. The number of halogens is 1. The Morgan fingerprint density at radius 2 is 1.68 bits per heavy atom. The fourth-order valence-electron chi connectivity index (χ4n) is 2.16. The van der Waals surface area contributed by atoms with Crippen LogP contribution < -0.4 is 0 Å². The number of fused-ring (bicyclic) bond motifs is 1. The zero-order chi connectivity index (χ0) is 16.0. The van der Waals surface area contributed by atoms with Crippen molar-refractivity contribution in [1.29, 1.82) is 0 Å². The number of benzene rings is 2. The van der Waals surface area contributed by atoms with Gasteiger partial charge in [0.2, 0.25) is 5.75 Å². The molecule has 0 amide bonds. The first-order valence-corrected chi connectivity index (χ1v) is 6.24. The maximum atomic E-state index is 13.1. The summed E-state index contributed by atoms with van der Waals surface area (Å²) >= 11 is 0. The monoisotopic (exact) mass is 302 g/mol. The smallest absolute Gasteiger partial charge is 0.201 e. The Hall–Kier alpha value is -3.15. The van der Waals surface area contributed by atoms with Crippen molar-refractivity contribution in [1.82, 2.24) is 0 Å². The normalized spacial score (nSPS) is 11.0. The fraction of sp³-hybridized carbons (Fsp3) is 0. The van der Waals surface area contributed by atoms with Gasteiger partial charge in [0.05, 0.1) is 5.39 Å². The SMILES string of the molecule is C=C(c1ccc(F)c(O)c1)c1oc2c(O)c(O)ccc2c1O. The van der Waals surface area contributed by atoms with Gasteiger partial charge in [-0.1, -0.05) is 12.6 Å². The first-order valence-electron chi connectivity index (χ1n) is 6.24. The molecule has 1 aromatic heterocycles.